The molecular formula is C16H19N3O5. The molecule has 4 amide bonds. The number of likely N-dealkylation sites (N-methyl/N-ethyl adjacent to an activating group) is 1. The quantitative estimate of drug-likeness (QED) is 0.608. The van der Waals surface area contributed by atoms with Crippen LogP contribution >= 0.6 is 0 Å². The molecule has 1 N–H and O–H groups in total. The zero-order valence-corrected chi connectivity index (χ0v) is 13.7. The number of carbonyl (C=O) groups excluding carboxylic acids is 4. The van der Waals surface area contributed by atoms with Crippen molar-refractivity contribution in [3.05, 3.63) is 35.9 Å². The van der Waals surface area contributed by atoms with Crippen molar-refractivity contribution in [2.24, 2.45) is 0 Å². The van der Waals surface area contributed by atoms with Gasteiger partial charge in [-0.05, 0) is 12.5 Å². The first kappa shape index (κ1) is 17.5. The Morgan fingerprint density at radius 2 is 1.83 bits per heavy atom. The summed E-state index contributed by atoms with van der Waals surface area (Å²) in [6.07, 6.45) is 0. The van der Waals surface area contributed by atoms with Crippen molar-refractivity contribution in [3.8, 4) is 0 Å². The molecule has 0 bridgehead atoms. The van der Waals surface area contributed by atoms with Crippen LogP contribution in [-0.4, -0.2) is 60.9 Å². The highest BCUT2D eigenvalue weighted by Crippen LogP contribution is 2.28. The predicted molar refractivity (Wildman–Crippen MR) is 83.7 cm³/mol. The highest BCUT2D eigenvalue weighted by Gasteiger charge is 2.49. The monoisotopic (exact) mass is 333 g/mol. The van der Waals surface area contributed by atoms with E-state index < -0.39 is 42.5 Å². The fourth-order valence-electron chi connectivity index (χ4n) is 2.25. The molecule has 0 aliphatic carbocycles. The Hall–Kier alpha value is -2.90. The predicted octanol–water partition coefficient (Wildman–Crippen LogP) is 0.0850. The first-order valence-corrected chi connectivity index (χ1v) is 7.31. The Morgan fingerprint density at radius 3 is 2.42 bits per heavy atom. The third kappa shape index (κ3) is 3.37. The Bertz CT molecular complexity index is 674. The Kier molecular flexibility index (Phi) is 4.87. The Labute approximate surface area is 139 Å². The van der Waals surface area contributed by atoms with Crippen molar-refractivity contribution in [2.75, 3.05) is 27.2 Å². The molecule has 128 valence electrons. The van der Waals surface area contributed by atoms with E-state index in [1.807, 2.05) is 0 Å². The number of rotatable bonds is 5. The molecule has 8 heteroatoms. The van der Waals surface area contributed by atoms with Crippen LogP contribution in [0, 0.1) is 0 Å². The number of amides is 4. The molecule has 1 aliphatic heterocycles. The lowest BCUT2D eigenvalue weighted by molar-refractivity contribution is -0.153. The summed E-state index contributed by atoms with van der Waals surface area (Å²) >= 11 is 0. The van der Waals surface area contributed by atoms with E-state index in [2.05, 4.69) is 5.32 Å². The standard InChI is InChI=1S/C16H19N3O5/c1-16(11-7-5-4-6-8-11)14(22)19(15(23)17-16)9-13(21)24-10-12(20)18(2)3/h4-8H,9-10H2,1-3H3,(H,17,23)/t16-/m1/s1. The van der Waals surface area contributed by atoms with Crippen LogP contribution in [0.3, 0.4) is 0 Å². The second-order valence-electron chi connectivity index (χ2n) is 5.76. The van der Waals surface area contributed by atoms with Gasteiger partial charge >= 0.3 is 12.0 Å². The van der Waals surface area contributed by atoms with Gasteiger partial charge in [-0.2, -0.15) is 0 Å². The largest absolute Gasteiger partial charge is 0.454 e. The molecule has 1 aromatic carbocycles. The smallest absolute Gasteiger partial charge is 0.326 e. The highest BCUT2D eigenvalue weighted by molar-refractivity contribution is 6.08. The van der Waals surface area contributed by atoms with E-state index in [0.717, 1.165) is 4.90 Å². The van der Waals surface area contributed by atoms with E-state index in [0.29, 0.717) is 5.56 Å². The van der Waals surface area contributed by atoms with E-state index in [4.69, 9.17) is 4.74 Å². The third-order valence-electron chi connectivity index (χ3n) is 3.77. The van der Waals surface area contributed by atoms with Crippen molar-refractivity contribution in [2.45, 2.75) is 12.5 Å². The number of esters is 1. The van der Waals surface area contributed by atoms with Crippen LogP contribution in [0.1, 0.15) is 12.5 Å². The van der Waals surface area contributed by atoms with Crippen LogP contribution < -0.4 is 5.32 Å². The summed E-state index contributed by atoms with van der Waals surface area (Å²) in [5.74, 6) is -1.77. The maximum Gasteiger partial charge on any atom is 0.326 e. The van der Waals surface area contributed by atoms with Crippen LogP contribution in [-0.2, 0) is 24.7 Å². The second kappa shape index (κ2) is 6.69. The normalized spacial score (nSPS) is 19.9. The minimum Gasteiger partial charge on any atom is -0.454 e. The Morgan fingerprint density at radius 1 is 1.21 bits per heavy atom. The van der Waals surface area contributed by atoms with Gasteiger partial charge < -0.3 is 15.0 Å². The number of urea groups is 1. The summed E-state index contributed by atoms with van der Waals surface area (Å²) in [4.78, 5) is 49.9. The average molecular weight is 333 g/mol. The number of hydrogen-bond acceptors (Lipinski definition) is 5. The van der Waals surface area contributed by atoms with Gasteiger partial charge in [-0.3, -0.25) is 19.3 Å². The van der Waals surface area contributed by atoms with Gasteiger partial charge in [0.15, 0.2) is 6.61 Å². The number of nitrogens with one attached hydrogen (secondary N) is 1. The van der Waals surface area contributed by atoms with E-state index in [9.17, 15) is 19.2 Å². The molecule has 0 saturated carbocycles. The van der Waals surface area contributed by atoms with E-state index in [-0.39, 0.29) is 0 Å². The van der Waals surface area contributed by atoms with Crippen molar-refractivity contribution in [1.82, 2.24) is 15.1 Å². The van der Waals surface area contributed by atoms with Gasteiger partial charge in [0.05, 0.1) is 0 Å². The van der Waals surface area contributed by atoms with Gasteiger partial charge in [0, 0.05) is 14.1 Å². The molecule has 1 heterocycles. The molecule has 0 unspecified atom stereocenters. The average Bonchev–Trinajstić information content (AvgIpc) is 2.77. The maximum atomic E-state index is 12.6. The summed E-state index contributed by atoms with van der Waals surface area (Å²) in [7, 11) is 3.05. The summed E-state index contributed by atoms with van der Waals surface area (Å²) < 4.78 is 4.79. The summed E-state index contributed by atoms with van der Waals surface area (Å²) in [6, 6.07) is 8.06. The first-order valence-electron chi connectivity index (χ1n) is 7.31. The number of imide groups is 1. The third-order valence-corrected chi connectivity index (χ3v) is 3.77. The molecule has 0 radical (unpaired) electrons. The van der Waals surface area contributed by atoms with Crippen LogP contribution in [0.4, 0.5) is 4.79 Å². The molecule has 0 spiro atoms. The Balaban J connectivity index is 2.04. The molecule has 1 aromatic rings. The van der Waals surface area contributed by atoms with E-state index in [1.165, 1.54) is 19.0 Å². The first-order chi connectivity index (χ1) is 11.3. The van der Waals surface area contributed by atoms with Crippen LogP contribution in [0.15, 0.2) is 30.3 Å². The summed E-state index contributed by atoms with van der Waals surface area (Å²) in [6.45, 7) is 0.586. The summed E-state index contributed by atoms with van der Waals surface area (Å²) in [5.41, 5.74) is -0.625. The van der Waals surface area contributed by atoms with Gasteiger partial charge in [-0.25, -0.2) is 4.79 Å². The van der Waals surface area contributed by atoms with Crippen molar-refractivity contribution >= 4 is 23.8 Å². The van der Waals surface area contributed by atoms with Crippen LogP contribution in [0.5, 0.6) is 0 Å². The molecule has 1 atom stereocenters. The second-order valence-corrected chi connectivity index (χ2v) is 5.76. The highest BCUT2D eigenvalue weighted by atomic mass is 16.5. The molecule has 1 saturated heterocycles. The van der Waals surface area contributed by atoms with Gasteiger partial charge in [0.25, 0.3) is 11.8 Å². The number of ether oxygens (including phenoxy) is 1. The molecular weight excluding hydrogens is 314 g/mol. The lowest BCUT2D eigenvalue weighted by Crippen LogP contribution is -2.41. The fourth-order valence-corrected chi connectivity index (χ4v) is 2.25. The van der Waals surface area contributed by atoms with Crippen molar-refractivity contribution < 1.29 is 23.9 Å². The number of carbonyl (C=O) groups is 4. The van der Waals surface area contributed by atoms with Crippen LogP contribution in [0.25, 0.3) is 0 Å². The summed E-state index contributed by atoms with van der Waals surface area (Å²) in [5, 5.41) is 2.59. The van der Waals surface area contributed by atoms with Crippen molar-refractivity contribution in [3.63, 3.8) is 0 Å². The number of hydrogen-bond donors (Lipinski definition) is 1. The molecule has 1 aliphatic rings. The molecule has 24 heavy (non-hydrogen) atoms. The lowest BCUT2D eigenvalue weighted by atomic mass is 9.92. The fraction of sp³-hybridized carbons (Fsp3) is 0.375. The lowest BCUT2D eigenvalue weighted by Gasteiger charge is -2.22. The maximum absolute atomic E-state index is 12.6. The molecule has 1 fully saturated rings. The zero-order valence-electron chi connectivity index (χ0n) is 13.7. The molecule has 2 rings (SSSR count). The van der Waals surface area contributed by atoms with E-state index in [1.54, 1.807) is 37.3 Å². The molecule has 8 nitrogen and oxygen atoms in total. The minimum atomic E-state index is -1.24. The number of benzene rings is 1. The zero-order chi connectivity index (χ0) is 17.9. The van der Waals surface area contributed by atoms with Gasteiger partial charge in [-0.1, -0.05) is 30.3 Å². The number of nitrogens with zero attached hydrogens (tertiary/aromatic N) is 2. The van der Waals surface area contributed by atoms with E-state index >= 15 is 0 Å². The van der Waals surface area contributed by atoms with Crippen molar-refractivity contribution in [1.29, 1.82) is 0 Å². The molecule has 0 aromatic heterocycles. The topological polar surface area (TPSA) is 96.0 Å². The van der Waals surface area contributed by atoms with Gasteiger partial charge in [0.2, 0.25) is 0 Å². The van der Waals surface area contributed by atoms with Gasteiger partial charge in [-0.15, -0.1) is 0 Å². The van der Waals surface area contributed by atoms with Crippen LogP contribution in [0.2, 0.25) is 0 Å². The minimum absolute atomic E-state index is 0.394. The SMILES string of the molecule is CN(C)C(=O)COC(=O)CN1C(=O)N[C@](C)(c2ccccc2)C1=O. The van der Waals surface area contributed by atoms with Gasteiger partial charge in [0.1, 0.15) is 12.1 Å².